The molecule has 0 aliphatic rings. The summed E-state index contributed by atoms with van der Waals surface area (Å²) in [6.07, 6.45) is 5.26. The molecule has 0 radical (unpaired) electrons. The van der Waals surface area contributed by atoms with Crippen molar-refractivity contribution in [2.75, 3.05) is 0 Å². The molecule has 0 fully saturated rings. The zero-order chi connectivity index (χ0) is 15.7. The Morgan fingerprint density at radius 1 is 1.32 bits per heavy atom. The third kappa shape index (κ3) is 2.55. The minimum atomic E-state index is -0.852. The van der Waals surface area contributed by atoms with Gasteiger partial charge >= 0.3 is 5.97 Å². The van der Waals surface area contributed by atoms with Gasteiger partial charge < -0.3 is 5.11 Å². The van der Waals surface area contributed by atoms with Crippen LogP contribution in [0.5, 0.6) is 0 Å². The van der Waals surface area contributed by atoms with Gasteiger partial charge in [0.2, 0.25) is 0 Å². The molecule has 0 bridgehead atoms. The van der Waals surface area contributed by atoms with Gasteiger partial charge in [0, 0.05) is 23.5 Å². The van der Waals surface area contributed by atoms with Gasteiger partial charge in [-0.1, -0.05) is 6.07 Å². The molecule has 3 heterocycles. The molecule has 22 heavy (non-hydrogen) atoms. The Balaban J connectivity index is 2.06. The highest BCUT2D eigenvalue weighted by atomic mass is 16.4. The monoisotopic (exact) mass is 296 g/mol. The second-order valence-corrected chi connectivity index (χ2v) is 5.27. The molecule has 0 atom stereocenters. The minimum Gasteiger partial charge on any atom is -0.481 e. The van der Waals surface area contributed by atoms with Crippen LogP contribution in [0.1, 0.15) is 22.4 Å². The molecule has 0 aliphatic heterocycles. The van der Waals surface area contributed by atoms with E-state index in [9.17, 15) is 4.79 Å². The first kappa shape index (κ1) is 14.2. The molecule has 6 nitrogen and oxygen atoms in total. The first-order valence-corrected chi connectivity index (χ1v) is 6.98. The van der Waals surface area contributed by atoms with E-state index in [2.05, 4.69) is 15.1 Å². The fraction of sp³-hybridized carbons (Fsp3) is 0.250. The van der Waals surface area contributed by atoms with E-state index >= 15 is 0 Å². The van der Waals surface area contributed by atoms with Crippen LogP contribution in [0.4, 0.5) is 0 Å². The molecule has 0 saturated carbocycles. The molecule has 1 N–H and O–H groups in total. The Hall–Kier alpha value is -2.76. The van der Waals surface area contributed by atoms with Crippen molar-refractivity contribution >= 4 is 17.0 Å². The van der Waals surface area contributed by atoms with E-state index < -0.39 is 5.97 Å². The van der Waals surface area contributed by atoms with E-state index in [1.165, 1.54) is 0 Å². The van der Waals surface area contributed by atoms with Crippen molar-refractivity contribution in [3.8, 4) is 0 Å². The van der Waals surface area contributed by atoms with Crippen LogP contribution in [0.25, 0.3) is 11.0 Å². The largest absolute Gasteiger partial charge is 0.481 e. The summed E-state index contributed by atoms with van der Waals surface area (Å²) in [5, 5.41) is 14.3. The summed E-state index contributed by atoms with van der Waals surface area (Å²) in [5.74, 6) is -0.852. The summed E-state index contributed by atoms with van der Waals surface area (Å²) >= 11 is 0. The lowest BCUT2D eigenvalue weighted by molar-refractivity contribution is -0.136. The average molecular weight is 296 g/mol. The van der Waals surface area contributed by atoms with Crippen molar-refractivity contribution in [3.63, 3.8) is 0 Å². The van der Waals surface area contributed by atoms with Crippen molar-refractivity contribution in [2.45, 2.75) is 26.8 Å². The Morgan fingerprint density at radius 2 is 2.14 bits per heavy atom. The number of carbonyl (C=O) groups is 1. The number of aliphatic carboxylic acids is 1. The summed E-state index contributed by atoms with van der Waals surface area (Å²) in [6.45, 7) is 4.35. The molecular weight excluding hydrogens is 280 g/mol. The Labute approximate surface area is 127 Å². The smallest absolute Gasteiger partial charge is 0.307 e. The highest BCUT2D eigenvalue weighted by Crippen LogP contribution is 2.23. The van der Waals surface area contributed by atoms with Crippen molar-refractivity contribution in [1.29, 1.82) is 0 Å². The van der Waals surface area contributed by atoms with E-state index in [0.29, 0.717) is 6.54 Å². The first-order valence-electron chi connectivity index (χ1n) is 6.98. The quantitative estimate of drug-likeness (QED) is 0.797. The maximum atomic E-state index is 11.0. The predicted octanol–water partition coefficient (Wildman–Crippen LogP) is 2.12. The lowest BCUT2D eigenvalue weighted by Gasteiger charge is -2.09. The number of carboxylic acids is 1. The third-order valence-corrected chi connectivity index (χ3v) is 3.76. The average Bonchev–Trinajstić information content (AvgIpc) is 2.87. The third-order valence-electron chi connectivity index (χ3n) is 3.76. The Kier molecular flexibility index (Phi) is 3.58. The van der Waals surface area contributed by atoms with Gasteiger partial charge in [-0.3, -0.25) is 9.78 Å². The highest BCUT2D eigenvalue weighted by Gasteiger charge is 2.15. The number of nitrogens with zero attached hydrogens (tertiary/aromatic N) is 4. The normalized spacial score (nSPS) is 11.0. The van der Waals surface area contributed by atoms with Crippen molar-refractivity contribution in [1.82, 2.24) is 19.7 Å². The predicted molar refractivity (Wildman–Crippen MR) is 81.7 cm³/mol. The maximum absolute atomic E-state index is 11.0. The molecule has 0 amide bonds. The van der Waals surface area contributed by atoms with E-state index in [1.54, 1.807) is 18.6 Å². The zero-order valence-electron chi connectivity index (χ0n) is 12.4. The molecule has 3 rings (SSSR count). The second-order valence-electron chi connectivity index (χ2n) is 5.27. The van der Waals surface area contributed by atoms with Crippen LogP contribution in [0, 0.1) is 13.8 Å². The fourth-order valence-corrected chi connectivity index (χ4v) is 2.61. The lowest BCUT2D eigenvalue weighted by Crippen LogP contribution is -2.08. The summed E-state index contributed by atoms with van der Waals surface area (Å²) in [5.41, 5.74) is 4.25. The van der Waals surface area contributed by atoms with E-state index in [0.717, 1.165) is 33.4 Å². The topological polar surface area (TPSA) is 80.9 Å². The maximum Gasteiger partial charge on any atom is 0.307 e. The molecule has 112 valence electrons. The van der Waals surface area contributed by atoms with Crippen LogP contribution >= 0.6 is 0 Å². The molecule has 6 heteroatoms. The molecule has 0 spiro atoms. The molecule has 0 saturated heterocycles. The molecule has 0 aromatic carbocycles. The van der Waals surface area contributed by atoms with Crippen LogP contribution in [0.15, 0.2) is 30.7 Å². The first-order chi connectivity index (χ1) is 10.6. The van der Waals surface area contributed by atoms with Gasteiger partial charge in [-0.05, 0) is 36.6 Å². The number of aryl methyl sites for hydroxylation is 2. The standard InChI is InChI=1S/C16H16N4O2/c1-10-13(6-15(21)22)11(2)19-16-14(10)8-18-20(16)9-12-4-3-5-17-7-12/h3-5,7-8H,6,9H2,1-2H3,(H,21,22). The SMILES string of the molecule is Cc1nc2c(cnn2Cc2cccnc2)c(C)c1CC(=O)O. The molecule has 0 unspecified atom stereocenters. The molecule has 3 aromatic rings. The highest BCUT2D eigenvalue weighted by molar-refractivity contribution is 5.82. The van der Waals surface area contributed by atoms with Crippen LogP contribution in [-0.2, 0) is 17.8 Å². The molecular formula is C16H16N4O2. The summed E-state index contributed by atoms with van der Waals surface area (Å²) in [6, 6.07) is 3.87. The number of aromatic nitrogens is 4. The fourth-order valence-electron chi connectivity index (χ4n) is 2.61. The van der Waals surface area contributed by atoms with Crippen LogP contribution in [-0.4, -0.2) is 30.8 Å². The van der Waals surface area contributed by atoms with Crippen LogP contribution < -0.4 is 0 Å². The molecule has 0 aliphatic carbocycles. The van der Waals surface area contributed by atoms with Gasteiger partial charge in [-0.2, -0.15) is 5.10 Å². The van der Waals surface area contributed by atoms with Gasteiger partial charge in [0.05, 0.1) is 19.2 Å². The van der Waals surface area contributed by atoms with E-state index in [-0.39, 0.29) is 6.42 Å². The van der Waals surface area contributed by atoms with Crippen LogP contribution in [0.2, 0.25) is 0 Å². The Bertz CT molecular complexity index is 840. The van der Waals surface area contributed by atoms with Crippen molar-refractivity contribution in [3.05, 3.63) is 53.1 Å². The summed E-state index contributed by atoms with van der Waals surface area (Å²) < 4.78 is 1.82. The number of hydrogen-bond acceptors (Lipinski definition) is 4. The van der Waals surface area contributed by atoms with Crippen molar-refractivity contribution in [2.24, 2.45) is 0 Å². The number of rotatable bonds is 4. The van der Waals surface area contributed by atoms with Gasteiger partial charge in [0.1, 0.15) is 0 Å². The van der Waals surface area contributed by atoms with Gasteiger partial charge in [0.25, 0.3) is 0 Å². The summed E-state index contributed by atoms with van der Waals surface area (Å²) in [4.78, 5) is 19.7. The van der Waals surface area contributed by atoms with E-state index in [4.69, 9.17) is 5.11 Å². The Morgan fingerprint density at radius 3 is 2.82 bits per heavy atom. The minimum absolute atomic E-state index is 0.0195. The number of carboxylic acid groups (broad SMARTS) is 1. The second kappa shape index (κ2) is 5.55. The van der Waals surface area contributed by atoms with Gasteiger partial charge in [0.15, 0.2) is 5.65 Å². The van der Waals surface area contributed by atoms with E-state index in [1.807, 2.05) is 30.7 Å². The van der Waals surface area contributed by atoms with Crippen molar-refractivity contribution < 1.29 is 9.90 Å². The summed E-state index contributed by atoms with van der Waals surface area (Å²) in [7, 11) is 0. The number of hydrogen-bond donors (Lipinski definition) is 1. The molecule has 3 aromatic heterocycles. The number of pyridine rings is 2. The van der Waals surface area contributed by atoms with Gasteiger partial charge in [-0.25, -0.2) is 9.67 Å². The van der Waals surface area contributed by atoms with Gasteiger partial charge in [-0.15, -0.1) is 0 Å². The van der Waals surface area contributed by atoms with Crippen LogP contribution in [0.3, 0.4) is 0 Å². The zero-order valence-corrected chi connectivity index (χ0v) is 12.4. The lowest BCUT2D eigenvalue weighted by atomic mass is 10.0. The number of fused-ring (bicyclic) bond motifs is 1.